The number of hydrogen-bond acceptors (Lipinski definition) is 5. The van der Waals surface area contributed by atoms with E-state index >= 15 is 0 Å². The minimum Gasteiger partial charge on any atom is -0.331 e. The van der Waals surface area contributed by atoms with Gasteiger partial charge in [-0.2, -0.15) is 0 Å². The van der Waals surface area contributed by atoms with Gasteiger partial charge in [0.15, 0.2) is 10.1 Å². The highest BCUT2D eigenvalue weighted by Crippen LogP contribution is 2.21. The fourth-order valence-electron chi connectivity index (χ4n) is 1.65. The Bertz CT molecular complexity index is 844. The Balaban J connectivity index is 1.91. The van der Waals surface area contributed by atoms with Crippen LogP contribution in [-0.2, 0) is 11.8 Å². The molecule has 0 saturated carbocycles. The zero-order valence-corrected chi connectivity index (χ0v) is 16.4. The number of hydrogen-bond donors (Lipinski definition) is 2. The molecule has 1 aromatic heterocycles. The van der Waals surface area contributed by atoms with E-state index in [4.69, 9.17) is 23.8 Å². The number of benzene rings is 1. The average molecular weight is 448 g/mol. The van der Waals surface area contributed by atoms with Gasteiger partial charge in [-0.3, -0.25) is 9.59 Å². The van der Waals surface area contributed by atoms with Crippen molar-refractivity contribution in [3.63, 3.8) is 0 Å². The molecule has 126 valence electrons. The molecule has 1 heterocycles. The summed E-state index contributed by atoms with van der Waals surface area (Å²) in [5.74, 6) is -0.367. The summed E-state index contributed by atoms with van der Waals surface area (Å²) in [7, 11) is 1.57. The predicted molar refractivity (Wildman–Crippen MR) is 104 cm³/mol. The van der Waals surface area contributed by atoms with Gasteiger partial charge in [-0.25, -0.2) is 4.98 Å². The van der Waals surface area contributed by atoms with Crippen LogP contribution in [-0.4, -0.2) is 26.3 Å². The first-order valence-corrected chi connectivity index (χ1v) is 9.14. The number of aryl methyl sites for hydroxylation is 1. The molecule has 10 heteroatoms. The number of thioether (sulfide) groups is 1. The van der Waals surface area contributed by atoms with E-state index < -0.39 is 0 Å². The fourth-order valence-corrected chi connectivity index (χ4v) is 3.31. The maximum Gasteiger partial charge on any atom is 0.282 e. The lowest BCUT2D eigenvalue weighted by atomic mass is 10.3. The van der Waals surface area contributed by atoms with Crippen molar-refractivity contribution in [2.45, 2.75) is 5.03 Å². The summed E-state index contributed by atoms with van der Waals surface area (Å²) in [6.07, 6.45) is 1.41. The molecule has 0 spiro atoms. The molecule has 0 radical (unpaired) electrons. The van der Waals surface area contributed by atoms with Crippen LogP contribution in [0.15, 0.2) is 44.8 Å². The van der Waals surface area contributed by atoms with Gasteiger partial charge in [0, 0.05) is 17.7 Å². The Kier molecular flexibility index (Phi) is 6.79. The predicted octanol–water partition coefficient (Wildman–Crippen LogP) is 2.80. The third-order valence-electron chi connectivity index (χ3n) is 2.73. The summed E-state index contributed by atoms with van der Waals surface area (Å²) in [5, 5.41) is 5.96. The van der Waals surface area contributed by atoms with Crippen LogP contribution in [0.2, 0.25) is 5.15 Å². The highest BCUT2D eigenvalue weighted by atomic mass is 79.9. The number of nitrogens with zero attached hydrogens (tertiary/aromatic N) is 2. The maximum atomic E-state index is 11.9. The molecule has 0 aliphatic rings. The normalized spacial score (nSPS) is 10.3. The molecule has 0 fully saturated rings. The number of thiocarbonyl (C=S) groups is 1. The van der Waals surface area contributed by atoms with E-state index in [1.807, 2.05) is 24.3 Å². The SMILES string of the molecule is Cn1cc(Cl)nc(SCC(=O)NC(=S)Nc2ccccc2Br)c1=O. The molecular weight excluding hydrogens is 436 g/mol. The number of rotatable bonds is 4. The summed E-state index contributed by atoms with van der Waals surface area (Å²) >= 11 is 15.3. The molecule has 1 amide bonds. The minimum atomic E-state index is -0.353. The molecule has 0 unspecified atom stereocenters. The second-order valence-corrected chi connectivity index (χ2v) is 7.17. The molecule has 6 nitrogen and oxygen atoms in total. The monoisotopic (exact) mass is 446 g/mol. The molecule has 2 N–H and O–H groups in total. The van der Waals surface area contributed by atoms with Crippen molar-refractivity contribution < 1.29 is 4.79 Å². The van der Waals surface area contributed by atoms with Crippen molar-refractivity contribution in [2.75, 3.05) is 11.1 Å². The lowest BCUT2D eigenvalue weighted by Gasteiger charge is -2.10. The minimum absolute atomic E-state index is 0.0135. The third-order valence-corrected chi connectivity index (χ3v) is 4.75. The van der Waals surface area contributed by atoms with Gasteiger partial charge in [-0.15, -0.1) is 0 Å². The summed E-state index contributed by atoms with van der Waals surface area (Å²) in [4.78, 5) is 27.7. The smallest absolute Gasteiger partial charge is 0.282 e. The summed E-state index contributed by atoms with van der Waals surface area (Å²) in [5.41, 5.74) is 0.423. The van der Waals surface area contributed by atoms with Crippen molar-refractivity contribution in [1.82, 2.24) is 14.9 Å². The highest BCUT2D eigenvalue weighted by Gasteiger charge is 2.11. The van der Waals surface area contributed by atoms with Crippen LogP contribution in [0.5, 0.6) is 0 Å². The molecule has 0 saturated heterocycles. The zero-order chi connectivity index (χ0) is 17.7. The Labute approximate surface area is 161 Å². The van der Waals surface area contributed by atoms with Crippen LogP contribution >= 0.6 is 51.5 Å². The molecule has 0 aliphatic heterocycles. The van der Waals surface area contributed by atoms with Crippen molar-refractivity contribution >= 4 is 68.2 Å². The number of halogens is 2. The molecule has 1 aromatic carbocycles. The van der Waals surface area contributed by atoms with Gasteiger partial charge in [0.25, 0.3) is 5.56 Å². The highest BCUT2D eigenvalue weighted by molar-refractivity contribution is 9.10. The van der Waals surface area contributed by atoms with Gasteiger partial charge < -0.3 is 15.2 Å². The largest absolute Gasteiger partial charge is 0.331 e. The molecular formula is C14H12BrClN4O2S2. The van der Waals surface area contributed by atoms with E-state index in [-0.39, 0.29) is 32.5 Å². The van der Waals surface area contributed by atoms with Crippen LogP contribution in [0, 0.1) is 0 Å². The van der Waals surface area contributed by atoms with Crippen LogP contribution in [0.1, 0.15) is 0 Å². The first kappa shape index (κ1) is 18.9. The lowest BCUT2D eigenvalue weighted by molar-refractivity contribution is -0.117. The Morgan fingerprint density at radius 3 is 2.88 bits per heavy atom. The van der Waals surface area contributed by atoms with E-state index in [1.165, 1.54) is 10.8 Å². The van der Waals surface area contributed by atoms with Crippen LogP contribution in [0.3, 0.4) is 0 Å². The average Bonchev–Trinajstić information content (AvgIpc) is 2.51. The van der Waals surface area contributed by atoms with E-state index in [0.717, 1.165) is 21.9 Å². The number of carbonyl (C=O) groups excluding carboxylic acids is 1. The van der Waals surface area contributed by atoms with Crippen LogP contribution in [0.25, 0.3) is 0 Å². The number of amides is 1. The van der Waals surface area contributed by atoms with Gasteiger partial charge in [0.1, 0.15) is 5.15 Å². The fraction of sp³-hybridized carbons (Fsp3) is 0.143. The summed E-state index contributed by atoms with van der Waals surface area (Å²) in [6, 6.07) is 7.38. The number of anilines is 1. The van der Waals surface area contributed by atoms with Crippen LogP contribution in [0.4, 0.5) is 5.69 Å². The third kappa shape index (κ3) is 5.30. The topological polar surface area (TPSA) is 76.0 Å². The lowest BCUT2D eigenvalue weighted by Crippen LogP contribution is -2.35. The summed E-state index contributed by atoms with van der Waals surface area (Å²) in [6.45, 7) is 0. The number of carbonyl (C=O) groups is 1. The molecule has 2 rings (SSSR count). The molecule has 0 aliphatic carbocycles. The Morgan fingerprint density at radius 1 is 1.46 bits per heavy atom. The van der Waals surface area contributed by atoms with Crippen LogP contribution < -0.4 is 16.2 Å². The standard InChI is InChI=1S/C14H12BrClN4O2S2/c1-20-6-10(16)18-12(13(20)22)24-7-11(21)19-14(23)17-9-5-3-2-4-8(9)15/h2-6H,7H2,1H3,(H2,17,19,21,23). The molecule has 2 aromatic rings. The molecule has 0 atom stereocenters. The van der Waals surface area contributed by atoms with Gasteiger partial charge in [0.2, 0.25) is 5.91 Å². The van der Waals surface area contributed by atoms with E-state index in [1.54, 1.807) is 7.05 Å². The van der Waals surface area contributed by atoms with E-state index in [9.17, 15) is 9.59 Å². The quantitative estimate of drug-likeness (QED) is 0.554. The van der Waals surface area contributed by atoms with Gasteiger partial charge in [0.05, 0.1) is 11.4 Å². The second-order valence-electron chi connectivity index (χ2n) is 4.56. The van der Waals surface area contributed by atoms with Crippen molar-refractivity contribution in [1.29, 1.82) is 0 Å². The van der Waals surface area contributed by atoms with Gasteiger partial charge in [-0.05, 0) is 40.3 Å². The first-order chi connectivity index (χ1) is 11.4. The number of para-hydroxylation sites is 1. The first-order valence-electron chi connectivity index (χ1n) is 6.58. The zero-order valence-electron chi connectivity index (χ0n) is 12.4. The van der Waals surface area contributed by atoms with Gasteiger partial charge >= 0.3 is 0 Å². The molecule has 0 bridgehead atoms. The van der Waals surface area contributed by atoms with Crippen molar-refractivity contribution in [3.8, 4) is 0 Å². The Hall–Kier alpha value is -1.42. The van der Waals surface area contributed by atoms with Crippen molar-refractivity contribution in [2.24, 2.45) is 7.05 Å². The summed E-state index contributed by atoms with van der Waals surface area (Å²) < 4.78 is 2.14. The Morgan fingerprint density at radius 2 is 2.17 bits per heavy atom. The molecule has 24 heavy (non-hydrogen) atoms. The maximum absolute atomic E-state index is 11.9. The van der Waals surface area contributed by atoms with Gasteiger partial charge in [-0.1, -0.05) is 35.5 Å². The van der Waals surface area contributed by atoms with Crippen molar-refractivity contribution in [3.05, 3.63) is 50.4 Å². The number of aromatic nitrogens is 2. The van der Waals surface area contributed by atoms with E-state index in [2.05, 4.69) is 31.5 Å². The second kappa shape index (κ2) is 8.61. The number of nitrogens with one attached hydrogen (secondary N) is 2. The van der Waals surface area contributed by atoms with E-state index in [0.29, 0.717) is 0 Å².